The Bertz CT molecular complexity index is 1610. The second kappa shape index (κ2) is 72.6. The minimum absolute atomic E-state index is 0. The van der Waals surface area contributed by atoms with Crippen LogP contribution in [0.3, 0.4) is 0 Å². The normalized spacial score (nSPS) is 41.8. The molecule has 0 aliphatic carbocycles. The summed E-state index contributed by atoms with van der Waals surface area (Å²) in [6.45, 7) is 0.206. The zero-order valence-corrected chi connectivity index (χ0v) is 133. The van der Waals surface area contributed by atoms with Crippen LogP contribution in [-0.4, -0.2) is 304 Å². The summed E-state index contributed by atoms with van der Waals surface area (Å²) in [7, 11) is 0. The van der Waals surface area contributed by atoms with E-state index in [0.717, 1.165) is 0 Å². The topological polar surface area (TPSA) is 469 Å². The molecule has 86 heavy (non-hydrogen) atoms. The third-order valence-corrected chi connectivity index (χ3v) is 13.1. The molecule has 0 aromatic carbocycles. The van der Waals surface area contributed by atoms with Crippen LogP contribution in [0.1, 0.15) is 20.8 Å². The van der Waals surface area contributed by atoms with Gasteiger partial charge in [-0.05, 0) is 12.8 Å². The van der Waals surface area contributed by atoms with E-state index in [4.69, 9.17) is 57.8 Å². The first-order chi connectivity index (χ1) is 32.1. The maximum Gasteiger partial charge on any atom is 0.187 e. The van der Waals surface area contributed by atoms with Crippen molar-refractivity contribution < 1.29 is 932 Å². The number of nitrogens with one attached hydrogen (secondary N) is 1. The van der Waals surface area contributed by atoms with Crippen LogP contribution in [0.2, 0.25) is 0 Å². The summed E-state index contributed by atoms with van der Waals surface area (Å²) in [6.07, 6.45) is -51.1. The average Bonchev–Trinajstić information content (AvgIpc) is 3.31. The molecule has 6 fully saturated rings. The third kappa shape index (κ3) is 39.5. The van der Waals surface area contributed by atoms with Crippen molar-refractivity contribution in [1.82, 2.24) is 0 Å². The summed E-state index contributed by atoms with van der Waals surface area (Å²) in [6, 6.07) is -1.97. The summed E-state index contributed by atoms with van der Waals surface area (Å²) in [5.41, 5.74) is 9.06. The number of rotatable bonds is 16. The van der Waals surface area contributed by atoms with Gasteiger partial charge in [0, 0.05) is 793 Å². The molecule has 12 unspecified atom stereocenters. The number of ether oxygens (including phenoxy) is 11. The van der Waals surface area contributed by atoms with Gasteiger partial charge in [0.1, 0.15) is 134 Å². The molecule has 47 heteroatoms. The molecule has 29 nitrogen and oxygen atoms in total. The molecule has 0 bridgehead atoms. The van der Waals surface area contributed by atoms with Gasteiger partial charge < -0.3 is 145 Å². The summed E-state index contributed by atoms with van der Waals surface area (Å²) in [5.74, 6) is -0.304. The van der Waals surface area contributed by atoms with E-state index in [0.29, 0.717) is 0 Å². The summed E-state index contributed by atoms with van der Waals surface area (Å²) in [5, 5.41) is 182. The SMILES string of the molecule is CC1O[C@@H](OC2[C@H](O[C@@H]3C([NH-])[C@H](O[C@@H]4C(O)[C@H](O[C@H]5C(CO)O[C@@H](O[C@H]6C(CO)O[C@@H](C(C)C)C(O)[C@H]6O)C(O)[C@H]5O)OC(CO)[C@@H]4O)OC(CO)[C@@H]3O)OC(CO)[C@H](O)[C@@H]2O)[C@@H](O)C(O)[C@H]1O.[Ac].[Ac].[Ac].[Ac].[Ac].[Ac].[Ac].[Ac].[Ac].[Ac].[Ac].[Ac].[Ac].[Ac].[Ac].[Ac].[Ac].[Ac]. The van der Waals surface area contributed by atoms with Crippen LogP contribution < -0.4 is 0 Å². The molecule has 0 aromatic rings. The van der Waals surface area contributed by atoms with Gasteiger partial charge in [0.2, 0.25) is 0 Å². The Balaban J connectivity index is -0.000000269. The fraction of sp³-hybridized carbons (Fsp3) is 1.00. The summed E-state index contributed by atoms with van der Waals surface area (Å²) >= 11 is 0. The van der Waals surface area contributed by atoms with Crippen LogP contribution in [0.4, 0.5) is 0 Å². The van der Waals surface area contributed by atoms with Crippen LogP contribution in [0, 0.1) is 799 Å². The first-order valence-corrected chi connectivity index (χ1v) is 22.3. The molecule has 6 heterocycles. The Morgan fingerprint density at radius 1 is 0.291 bits per heavy atom. The molecule has 0 spiro atoms. The number of aliphatic hydroxyl groups excluding tert-OH is 17. The second-order valence-corrected chi connectivity index (χ2v) is 18.1. The van der Waals surface area contributed by atoms with Crippen LogP contribution in [0.5, 0.6) is 0 Å². The van der Waals surface area contributed by atoms with Crippen molar-refractivity contribution in [2.75, 3.05) is 33.0 Å². The first kappa shape index (κ1) is 140. The van der Waals surface area contributed by atoms with Gasteiger partial charge in [-0.1, -0.05) is 19.9 Å². The average molecular weight is 5080 g/mol. The molecule has 6 aliphatic heterocycles. The predicted octanol–water partition coefficient (Wildman–Crippen LogP) is -10.3. The van der Waals surface area contributed by atoms with Crippen molar-refractivity contribution >= 4 is 0 Å². The fourth-order valence-corrected chi connectivity index (χ4v) is 9.05. The molecule has 30 atom stereocenters. The zero-order valence-electron chi connectivity index (χ0n) is 47.4. The van der Waals surface area contributed by atoms with Gasteiger partial charge in [-0.3, -0.25) is 0 Å². The second-order valence-electron chi connectivity index (χ2n) is 18.1. The molecular formula is C39H68Ac18NO28-. The number of hydrogen-bond acceptors (Lipinski definition) is 28. The maximum atomic E-state index is 11.6. The van der Waals surface area contributed by atoms with Crippen molar-refractivity contribution in [3.8, 4) is 0 Å². The molecule has 452 valence electrons. The Morgan fingerprint density at radius 3 is 1.03 bits per heavy atom. The molecule has 0 saturated carbocycles. The monoisotopic (exact) mass is 5080 g/mol. The van der Waals surface area contributed by atoms with E-state index < -0.39 is 217 Å². The fourth-order valence-electron chi connectivity index (χ4n) is 9.05. The van der Waals surface area contributed by atoms with E-state index in [9.17, 15) is 86.8 Å². The Labute approximate surface area is 1140 Å². The van der Waals surface area contributed by atoms with Gasteiger partial charge in [0.25, 0.3) is 0 Å². The number of hydrogen-bond donors (Lipinski definition) is 17. The minimum atomic E-state index is -2.16. The molecular weight excluding hydrogens is 5020 g/mol. The van der Waals surface area contributed by atoms with Crippen LogP contribution in [-0.2, 0) is 52.1 Å². The van der Waals surface area contributed by atoms with Crippen LogP contribution >= 0.6 is 0 Å². The van der Waals surface area contributed by atoms with E-state index in [-0.39, 0.29) is 799 Å². The van der Waals surface area contributed by atoms with Crippen LogP contribution in [0.15, 0.2) is 0 Å². The Hall–Kier alpha value is 24.8. The number of aliphatic hydroxyl groups is 17. The van der Waals surface area contributed by atoms with E-state index in [2.05, 4.69) is 0 Å². The van der Waals surface area contributed by atoms with Gasteiger partial charge in [0.05, 0.1) is 51.3 Å². The largest absolute Gasteiger partial charge is 0.668 e. The van der Waals surface area contributed by atoms with Gasteiger partial charge >= 0.3 is 0 Å². The van der Waals surface area contributed by atoms with Gasteiger partial charge in [-0.15, -0.1) is 0 Å². The standard InChI is InChI=1S/C39H68NO28.18Ac/c1-9(2)29-23(52)24(53)30(14(7-44)59-29)64-37-27(56)25(54)31(15(8-45)63-37)65-38-28(57)33(20(49)13(6-43)61-38)67-35-16(40)32(19(48)12(5-42)60-35)66-39-34(22(51)18(47)11(4-41)62-39)68-36-26(55)21(50)17(46)10(3)58-36;;;;;;;;;;;;;;;;;;/h9-57H,4-8H2,1-3H3;;;;;;;;;;;;;;;;;;/q-1;;;;;;;;;;;;;;;;;;/t10?,11?,12?,13?,14?,15?,16?,17-,18-,19-,20-,21?,22-,23?,24+,25+,26-,27?,28?,29-,30-,31-,32+,33-,34?,35-,36-,37-,38-,39-;;;;;;;;;;;;;;;;;;/m0................../s1. The van der Waals surface area contributed by atoms with Gasteiger partial charge in [-0.25, -0.2) is 0 Å². The molecule has 6 rings (SSSR count). The molecule has 6 saturated heterocycles. The van der Waals surface area contributed by atoms with E-state index in [1.54, 1.807) is 13.8 Å². The predicted molar refractivity (Wildman–Crippen MR) is 212 cm³/mol. The smallest absolute Gasteiger partial charge is 0.187 e. The van der Waals surface area contributed by atoms with Crippen molar-refractivity contribution in [3.05, 3.63) is 5.73 Å². The molecule has 0 amide bonds. The van der Waals surface area contributed by atoms with Crippen molar-refractivity contribution in [2.45, 2.75) is 205 Å². The van der Waals surface area contributed by atoms with E-state index in [1.165, 1.54) is 6.92 Å². The van der Waals surface area contributed by atoms with Crippen molar-refractivity contribution in [3.63, 3.8) is 0 Å². The van der Waals surface area contributed by atoms with Crippen molar-refractivity contribution in [2.24, 2.45) is 5.92 Å². The molecule has 18 N–H and O–H groups in total. The molecule has 0 aromatic heterocycles. The zero-order chi connectivity index (χ0) is 50.2. The van der Waals surface area contributed by atoms with Crippen LogP contribution in [0.25, 0.3) is 5.73 Å². The van der Waals surface area contributed by atoms with E-state index >= 15 is 0 Å². The molecule has 6 aliphatic rings. The molecule has 18 radical (unpaired) electrons. The van der Waals surface area contributed by atoms with Crippen molar-refractivity contribution in [1.29, 1.82) is 0 Å². The maximum absolute atomic E-state index is 11.6. The quantitative estimate of drug-likeness (QED) is 0.0682. The van der Waals surface area contributed by atoms with Gasteiger partial charge in [0.15, 0.2) is 25.2 Å². The Morgan fingerprint density at radius 2 is 0.593 bits per heavy atom. The summed E-state index contributed by atoms with van der Waals surface area (Å²) in [4.78, 5) is 0. The van der Waals surface area contributed by atoms with Gasteiger partial charge in [-0.2, -0.15) is 0 Å². The summed E-state index contributed by atoms with van der Waals surface area (Å²) < 4.78 is 62.8. The Kier molecular flexibility index (Phi) is 118. The minimum Gasteiger partial charge on any atom is -0.668 e. The van der Waals surface area contributed by atoms with E-state index in [1.807, 2.05) is 0 Å². The third-order valence-electron chi connectivity index (χ3n) is 13.1. The first-order valence-electron chi connectivity index (χ1n) is 22.3.